The molecule has 0 unspecified atom stereocenters. The first kappa shape index (κ1) is 16.2. The van der Waals surface area contributed by atoms with Crippen molar-refractivity contribution in [3.05, 3.63) is 34.9 Å². The second-order valence-corrected chi connectivity index (χ2v) is 9.02. The standard InChI is InChI=1S/C16H23ClN2O2S/c1-13(14-3-2-4-15(17)11-14)18-6-8-19(9-7-18)16-5-10-22(20,21)12-16/h2-4,11,13,16H,5-10,12H2,1H3/t13-,16+/m0/s1. The van der Waals surface area contributed by atoms with Crippen molar-refractivity contribution >= 4 is 21.4 Å². The van der Waals surface area contributed by atoms with Crippen LogP contribution in [0.15, 0.2) is 24.3 Å². The molecule has 0 N–H and O–H groups in total. The van der Waals surface area contributed by atoms with Gasteiger partial charge in [0.25, 0.3) is 0 Å². The van der Waals surface area contributed by atoms with E-state index in [1.165, 1.54) is 5.56 Å². The first-order valence-electron chi connectivity index (χ1n) is 7.88. The average Bonchev–Trinajstić information content (AvgIpc) is 2.87. The van der Waals surface area contributed by atoms with Gasteiger partial charge in [0, 0.05) is 43.3 Å². The fraction of sp³-hybridized carbons (Fsp3) is 0.625. The molecule has 2 heterocycles. The molecule has 4 nitrogen and oxygen atoms in total. The van der Waals surface area contributed by atoms with Crippen LogP contribution in [-0.4, -0.2) is 61.9 Å². The summed E-state index contributed by atoms with van der Waals surface area (Å²) in [6, 6.07) is 8.61. The summed E-state index contributed by atoms with van der Waals surface area (Å²) >= 11 is 6.08. The topological polar surface area (TPSA) is 40.6 Å². The molecule has 0 spiro atoms. The fourth-order valence-electron chi connectivity index (χ4n) is 3.53. The van der Waals surface area contributed by atoms with Gasteiger partial charge < -0.3 is 0 Å². The second-order valence-electron chi connectivity index (χ2n) is 6.36. The first-order valence-corrected chi connectivity index (χ1v) is 10.1. The summed E-state index contributed by atoms with van der Waals surface area (Å²) in [5, 5.41) is 0.777. The van der Waals surface area contributed by atoms with Crippen LogP contribution in [0.4, 0.5) is 0 Å². The fourth-order valence-corrected chi connectivity index (χ4v) is 5.49. The van der Waals surface area contributed by atoms with E-state index in [1.54, 1.807) is 0 Å². The maximum absolute atomic E-state index is 11.6. The Morgan fingerprint density at radius 3 is 2.55 bits per heavy atom. The van der Waals surface area contributed by atoms with E-state index in [9.17, 15) is 8.42 Å². The maximum atomic E-state index is 11.6. The molecule has 0 aliphatic carbocycles. The molecule has 1 aromatic rings. The number of hydrogen-bond acceptors (Lipinski definition) is 4. The highest BCUT2D eigenvalue weighted by molar-refractivity contribution is 7.91. The molecule has 2 aliphatic rings. The van der Waals surface area contributed by atoms with Crippen LogP contribution >= 0.6 is 11.6 Å². The number of rotatable bonds is 3. The first-order chi connectivity index (χ1) is 10.4. The van der Waals surface area contributed by atoms with E-state index in [2.05, 4.69) is 22.8 Å². The molecule has 2 fully saturated rings. The van der Waals surface area contributed by atoms with Gasteiger partial charge in [-0.1, -0.05) is 23.7 Å². The molecular weight excluding hydrogens is 320 g/mol. The van der Waals surface area contributed by atoms with Crippen molar-refractivity contribution in [1.29, 1.82) is 0 Å². The number of halogens is 1. The normalized spacial score (nSPS) is 27.8. The third-order valence-electron chi connectivity index (χ3n) is 4.95. The lowest BCUT2D eigenvalue weighted by molar-refractivity contribution is 0.0803. The van der Waals surface area contributed by atoms with Crippen molar-refractivity contribution < 1.29 is 8.42 Å². The molecule has 122 valence electrons. The highest BCUT2D eigenvalue weighted by atomic mass is 35.5. The summed E-state index contributed by atoms with van der Waals surface area (Å²) in [5.74, 6) is 0.702. The Hall–Kier alpha value is -0.620. The van der Waals surface area contributed by atoms with Crippen molar-refractivity contribution in [2.75, 3.05) is 37.7 Å². The molecule has 6 heteroatoms. The van der Waals surface area contributed by atoms with Gasteiger partial charge in [0.15, 0.2) is 9.84 Å². The Morgan fingerprint density at radius 2 is 1.95 bits per heavy atom. The van der Waals surface area contributed by atoms with E-state index in [-0.39, 0.29) is 6.04 Å². The second kappa shape index (κ2) is 6.48. The molecule has 2 saturated heterocycles. The number of sulfone groups is 1. The van der Waals surface area contributed by atoms with Crippen molar-refractivity contribution in [3.8, 4) is 0 Å². The molecule has 0 aromatic heterocycles. The van der Waals surface area contributed by atoms with Crippen molar-refractivity contribution in [1.82, 2.24) is 9.80 Å². The van der Waals surface area contributed by atoms with Crippen LogP contribution in [-0.2, 0) is 9.84 Å². The zero-order valence-corrected chi connectivity index (χ0v) is 14.5. The Bertz CT molecular complexity index is 627. The largest absolute Gasteiger partial charge is 0.297 e. The Labute approximate surface area is 138 Å². The van der Waals surface area contributed by atoms with Gasteiger partial charge >= 0.3 is 0 Å². The van der Waals surface area contributed by atoms with Crippen LogP contribution in [0, 0.1) is 0 Å². The van der Waals surface area contributed by atoms with Gasteiger partial charge in [-0.15, -0.1) is 0 Å². The van der Waals surface area contributed by atoms with E-state index >= 15 is 0 Å². The van der Waals surface area contributed by atoms with Crippen LogP contribution < -0.4 is 0 Å². The van der Waals surface area contributed by atoms with E-state index in [0.29, 0.717) is 17.5 Å². The highest BCUT2D eigenvalue weighted by Crippen LogP contribution is 2.26. The minimum atomic E-state index is -2.79. The molecule has 2 aliphatic heterocycles. The summed E-state index contributed by atoms with van der Waals surface area (Å²) < 4.78 is 23.2. The molecule has 0 bridgehead atoms. The van der Waals surface area contributed by atoms with Crippen LogP contribution in [0.5, 0.6) is 0 Å². The predicted molar refractivity (Wildman–Crippen MR) is 90.1 cm³/mol. The number of benzene rings is 1. The van der Waals surface area contributed by atoms with Gasteiger partial charge in [0.05, 0.1) is 11.5 Å². The summed E-state index contributed by atoms with van der Waals surface area (Å²) in [6.07, 6.45) is 0.798. The third-order valence-corrected chi connectivity index (χ3v) is 6.94. The van der Waals surface area contributed by atoms with Crippen LogP contribution in [0.25, 0.3) is 0 Å². The van der Waals surface area contributed by atoms with Crippen LogP contribution in [0.3, 0.4) is 0 Å². The van der Waals surface area contributed by atoms with Crippen molar-refractivity contribution in [3.63, 3.8) is 0 Å². The summed E-state index contributed by atoms with van der Waals surface area (Å²) in [6.45, 7) is 6.06. The minimum absolute atomic E-state index is 0.230. The van der Waals surface area contributed by atoms with Gasteiger partial charge in [-0.05, 0) is 31.0 Å². The number of hydrogen-bond donors (Lipinski definition) is 0. The minimum Gasteiger partial charge on any atom is -0.297 e. The SMILES string of the molecule is C[C@@H](c1cccc(Cl)c1)N1CCN([C@@H]2CCS(=O)(=O)C2)CC1. The summed E-state index contributed by atoms with van der Waals surface area (Å²) in [7, 11) is -2.79. The van der Waals surface area contributed by atoms with Crippen molar-refractivity contribution in [2.24, 2.45) is 0 Å². The van der Waals surface area contributed by atoms with Crippen LogP contribution in [0.1, 0.15) is 24.9 Å². The molecule has 2 atom stereocenters. The highest BCUT2D eigenvalue weighted by Gasteiger charge is 2.34. The molecule has 0 saturated carbocycles. The molecular formula is C16H23ClN2O2S. The van der Waals surface area contributed by atoms with E-state index < -0.39 is 9.84 Å². The lowest BCUT2D eigenvalue weighted by Gasteiger charge is -2.40. The van der Waals surface area contributed by atoms with E-state index in [1.807, 2.05) is 18.2 Å². The van der Waals surface area contributed by atoms with Gasteiger partial charge in [-0.25, -0.2) is 8.42 Å². The third kappa shape index (κ3) is 3.65. The van der Waals surface area contributed by atoms with Gasteiger partial charge in [-0.2, -0.15) is 0 Å². The smallest absolute Gasteiger partial charge is 0.151 e. The monoisotopic (exact) mass is 342 g/mol. The van der Waals surface area contributed by atoms with Gasteiger partial charge in [-0.3, -0.25) is 9.80 Å². The Kier molecular flexibility index (Phi) is 4.78. The predicted octanol–water partition coefficient (Wildman–Crippen LogP) is 2.21. The van der Waals surface area contributed by atoms with Gasteiger partial charge in [0.1, 0.15) is 0 Å². The molecule has 0 radical (unpaired) electrons. The Morgan fingerprint density at radius 1 is 1.23 bits per heavy atom. The molecule has 1 aromatic carbocycles. The average molecular weight is 343 g/mol. The zero-order valence-electron chi connectivity index (χ0n) is 12.9. The molecule has 22 heavy (non-hydrogen) atoms. The number of piperazine rings is 1. The van der Waals surface area contributed by atoms with Crippen molar-refractivity contribution in [2.45, 2.75) is 25.4 Å². The molecule has 3 rings (SSSR count). The van der Waals surface area contributed by atoms with E-state index in [4.69, 9.17) is 11.6 Å². The summed E-state index contributed by atoms with van der Waals surface area (Å²) in [4.78, 5) is 4.80. The summed E-state index contributed by atoms with van der Waals surface area (Å²) in [5.41, 5.74) is 1.24. The van der Waals surface area contributed by atoms with E-state index in [0.717, 1.165) is 37.6 Å². The number of nitrogens with zero attached hydrogens (tertiary/aromatic N) is 2. The lowest BCUT2D eigenvalue weighted by Crippen LogP contribution is -2.51. The van der Waals surface area contributed by atoms with Gasteiger partial charge in [0.2, 0.25) is 0 Å². The quantitative estimate of drug-likeness (QED) is 0.844. The molecule has 0 amide bonds. The van der Waals surface area contributed by atoms with Crippen LogP contribution in [0.2, 0.25) is 5.02 Å². The lowest BCUT2D eigenvalue weighted by atomic mass is 10.1. The zero-order chi connectivity index (χ0) is 15.7. The maximum Gasteiger partial charge on any atom is 0.151 e. The Balaban J connectivity index is 1.58.